The van der Waals surface area contributed by atoms with E-state index in [2.05, 4.69) is 91.8 Å². The summed E-state index contributed by atoms with van der Waals surface area (Å²) in [4.78, 5) is 45.4. The van der Waals surface area contributed by atoms with Crippen LogP contribution in [0.1, 0.15) is 61.5 Å². The van der Waals surface area contributed by atoms with Gasteiger partial charge in [-0.3, -0.25) is 19.9 Å². The molecule has 71 heavy (non-hydrogen) atoms. The SMILES string of the molecule is COc1ccc(C=O)cc1.COc1ccc(CN2CCN(c3ccc(-c4nc(C)cc(Cc5cc(C)[nH]n5)n4)cn3)CC2)cc1.Cc1cc(Cc2cc(C)[nH]n2)nc(-c2ccc(N3CCNCC3)nc2)n1. The highest BCUT2D eigenvalue weighted by Crippen LogP contribution is 2.23. The van der Waals surface area contributed by atoms with E-state index in [9.17, 15) is 4.79 Å². The van der Waals surface area contributed by atoms with E-state index in [-0.39, 0.29) is 0 Å². The number of H-pyrrole nitrogens is 2. The highest BCUT2D eigenvalue weighted by atomic mass is 16.5. The minimum Gasteiger partial charge on any atom is -0.497 e. The number of methoxy groups -OCH3 is 2. The van der Waals surface area contributed by atoms with Gasteiger partial charge < -0.3 is 24.6 Å². The van der Waals surface area contributed by atoms with E-state index in [1.54, 1.807) is 38.5 Å². The molecule has 0 saturated carbocycles. The number of aromatic nitrogens is 10. The monoisotopic (exact) mass is 955 g/mol. The van der Waals surface area contributed by atoms with Gasteiger partial charge in [0.05, 0.1) is 37.0 Å². The second-order valence-corrected chi connectivity index (χ2v) is 17.6. The quantitative estimate of drug-likeness (QED) is 0.0984. The first kappa shape index (κ1) is 49.5. The molecule has 0 aliphatic carbocycles. The molecule has 8 heterocycles. The first-order valence-electron chi connectivity index (χ1n) is 23.9. The molecule has 0 atom stereocenters. The van der Waals surface area contributed by atoms with Crippen LogP contribution >= 0.6 is 0 Å². The van der Waals surface area contributed by atoms with Crippen molar-refractivity contribution in [2.75, 3.05) is 76.4 Å². The molecule has 0 radical (unpaired) electrons. The van der Waals surface area contributed by atoms with Crippen molar-refractivity contribution in [3.8, 4) is 34.3 Å². The van der Waals surface area contributed by atoms with Crippen molar-refractivity contribution in [2.24, 2.45) is 0 Å². The van der Waals surface area contributed by atoms with Crippen LogP contribution in [0.25, 0.3) is 22.8 Å². The number of aldehydes is 1. The summed E-state index contributed by atoms with van der Waals surface area (Å²) >= 11 is 0. The second kappa shape index (κ2) is 24.1. The summed E-state index contributed by atoms with van der Waals surface area (Å²) in [7, 11) is 3.29. The fourth-order valence-electron chi connectivity index (χ4n) is 8.32. The van der Waals surface area contributed by atoms with Gasteiger partial charge in [-0.15, -0.1) is 0 Å². The molecule has 17 nitrogen and oxygen atoms in total. The lowest BCUT2D eigenvalue weighted by Crippen LogP contribution is -2.46. The standard InChI is InChI=1S/C27H31N7O.C19H23N7.C8H8O2/c1-19-14-23(16-24-15-20(2)31-32-24)30-27(29-19)22-6-9-26(28-17-22)34-12-10-33(11-13-34)18-21-4-7-25(35-3)8-5-21;1-13-9-16(11-17-10-14(2)24-25-17)23-19(22-13)15-3-4-18(21-12-15)26-7-5-20-6-8-26;1-10-8-4-2-7(6-9)3-5-8/h4-9,14-15,17H,10-13,16,18H2,1-3H3,(H,31,32);3-4,9-10,12,20H,5-8,11H2,1-2H3,(H,24,25);2-6H,1H3. The van der Waals surface area contributed by atoms with Crippen LogP contribution in [-0.2, 0) is 19.4 Å². The minimum absolute atomic E-state index is 0.667. The van der Waals surface area contributed by atoms with E-state index in [1.165, 1.54) is 5.56 Å². The molecule has 2 saturated heterocycles. The molecule has 0 amide bonds. The van der Waals surface area contributed by atoms with Crippen molar-refractivity contribution >= 4 is 17.9 Å². The number of rotatable bonds is 13. The van der Waals surface area contributed by atoms with Crippen LogP contribution in [0.3, 0.4) is 0 Å². The molecule has 0 spiro atoms. The number of anilines is 2. The summed E-state index contributed by atoms with van der Waals surface area (Å²) in [5, 5.41) is 18.0. The highest BCUT2D eigenvalue weighted by molar-refractivity contribution is 5.74. The van der Waals surface area contributed by atoms with Gasteiger partial charge in [-0.1, -0.05) is 12.1 Å². The average Bonchev–Trinajstić information content (AvgIpc) is 4.02. The molecule has 0 bridgehead atoms. The Morgan fingerprint density at radius 3 is 1.45 bits per heavy atom. The Morgan fingerprint density at radius 1 is 0.549 bits per heavy atom. The lowest BCUT2D eigenvalue weighted by molar-refractivity contribution is 0.112. The van der Waals surface area contributed by atoms with Crippen molar-refractivity contribution in [1.82, 2.24) is 60.5 Å². The van der Waals surface area contributed by atoms with Crippen LogP contribution in [-0.4, -0.2) is 128 Å². The van der Waals surface area contributed by atoms with Gasteiger partial charge in [0.1, 0.15) is 29.4 Å². The smallest absolute Gasteiger partial charge is 0.161 e. The molecule has 10 rings (SSSR count). The Bertz CT molecular complexity index is 2930. The van der Waals surface area contributed by atoms with Crippen molar-refractivity contribution in [2.45, 2.75) is 47.1 Å². The van der Waals surface area contributed by atoms with Gasteiger partial charge in [0.15, 0.2) is 11.6 Å². The maximum absolute atomic E-state index is 10.2. The third kappa shape index (κ3) is 14.1. The van der Waals surface area contributed by atoms with Crippen LogP contribution in [0.5, 0.6) is 11.5 Å². The number of hydrogen-bond donors (Lipinski definition) is 3. The maximum atomic E-state index is 10.2. The van der Waals surface area contributed by atoms with Crippen LogP contribution in [0, 0.1) is 27.7 Å². The molecule has 2 aliphatic heterocycles. The number of hydrogen-bond acceptors (Lipinski definition) is 15. The topological polar surface area (TPSA) is 192 Å². The van der Waals surface area contributed by atoms with Gasteiger partial charge in [-0.25, -0.2) is 29.9 Å². The molecule has 6 aromatic heterocycles. The van der Waals surface area contributed by atoms with Crippen molar-refractivity contribution in [1.29, 1.82) is 0 Å². The number of piperazine rings is 2. The number of nitrogens with one attached hydrogen (secondary N) is 3. The number of aromatic amines is 2. The summed E-state index contributed by atoms with van der Waals surface area (Å²) in [5.74, 6) is 5.09. The fraction of sp³-hybridized carbons (Fsp3) is 0.315. The van der Waals surface area contributed by atoms with Gasteiger partial charge >= 0.3 is 0 Å². The number of ether oxygens (including phenoxy) is 2. The van der Waals surface area contributed by atoms with Crippen LogP contribution in [0.15, 0.2) is 109 Å². The number of benzene rings is 2. The third-order valence-corrected chi connectivity index (χ3v) is 12.0. The van der Waals surface area contributed by atoms with E-state index in [4.69, 9.17) is 24.4 Å². The van der Waals surface area contributed by atoms with E-state index in [1.807, 2.05) is 76.5 Å². The molecular formula is C54H62N14O3. The average molecular weight is 955 g/mol. The molecule has 8 aromatic rings. The molecular weight excluding hydrogens is 893 g/mol. The maximum Gasteiger partial charge on any atom is 0.161 e. The Balaban J connectivity index is 0.000000164. The Kier molecular flexibility index (Phi) is 16.8. The summed E-state index contributed by atoms with van der Waals surface area (Å²) in [5.41, 5.74) is 11.7. The summed E-state index contributed by atoms with van der Waals surface area (Å²) < 4.78 is 10.2. The Labute approximate surface area is 415 Å². The van der Waals surface area contributed by atoms with Gasteiger partial charge in [-0.2, -0.15) is 10.2 Å². The lowest BCUT2D eigenvalue weighted by atomic mass is 10.1. The Hall–Kier alpha value is -7.89. The lowest BCUT2D eigenvalue weighted by Gasteiger charge is -2.35. The van der Waals surface area contributed by atoms with Gasteiger partial charge in [0, 0.05) is 124 Å². The number of carbonyl (C=O) groups excluding carboxylic acids is 1. The predicted molar refractivity (Wildman–Crippen MR) is 276 cm³/mol. The molecule has 2 fully saturated rings. The van der Waals surface area contributed by atoms with Gasteiger partial charge in [0.2, 0.25) is 0 Å². The van der Waals surface area contributed by atoms with Crippen LogP contribution < -0.4 is 24.6 Å². The number of nitrogens with zero attached hydrogens (tertiary/aromatic N) is 11. The van der Waals surface area contributed by atoms with Gasteiger partial charge in [0.25, 0.3) is 0 Å². The minimum atomic E-state index is 0.667. The predicted octanol–water partition coefficient (Wildman–Crippen LogP) is 7.19. The molecule has 0 unspecified atom stereocenters. The summed E-state index contributed by atoms with van der Waals surface area (Å²) in [6.07, 6.45) is 5.92. The van der Waals surface area contributed by atoms with E-state index < -0.39 is 0 Å². The zero-order valence-electron chi connectivity index (χ0n) is 41.4. The van der Waals surface area contributed by atoms with Gasteiger partial charge in [-0.05, 0) is 118 Å². The third-order valence-electron chi connectivity index (χ3n) is 12.0. The van der Waals surface area contributed by atoms with E-state index in [0.717, 1.165) is 145 Å². The number of aryl methyl sites for hydroxylation is 4. The van der Waals surface area contributed by atoms with Crippen molar-refractivity contribution < 1.29 is 14.3 Å². The fourth-order valence-corrected chi connectivity index (χ4v) is 8.32. The molecule has 3 N–H and O–H groups in total. The van der Waals surface area contributed by atoms with Crippen LogP contribution in [0.4, 0.5) is 11.6 Å². The summed E-state index contributed by atoms with van der Waals surface area (Å²) in [6, 6.07) is 31.6. The zero-order valence-corrected chi connectivity index (χ0v) is 41.4. The Morgan fingerprint density at radius 2 is 1.03 bits per heavy atom. The summed E-state index contributed by atoms with van der Waals surface area (Å²) in [6.45, 7) is 16.8. The number of carbonyl (C=O) groups is 1. The molecule has 2 aliphatic rings. The first-order chi connectivity index (χ1) is 34.6. The molecule has 2 aromatic carbocycles. The molecule has 17 heteroatoms. The second-order valence-electron chi connectivity index (χ2n) is 17.6. The molecule has 366 valence electrons. The largest absolute Gasteiger partial charge is 0.497 e. The van der Waals surface area contributed by atoms with E-state index >= 15 is 0 Å². The van der Waals surface area contributed by atoms with Crippen molar-refractivity contribution in [3.63, 3.8) is 0 Å². The number of pyridine rings is 2. The van der Waals surface area contributed by atoms with E-state index in [0.29, 0.717) is 30.1 Å². The highest BCUT2D eigenvalue weighted by Gasteiger charge is 2.19. The van der Waals surface area contributed by atoms with Crippen molar-refractivity contribution in [3.05, 3.63) is 166 Å². The van der Waals surface area contributed by atoms with Crippen LogP contribution in [0.2, 0.25) is 0 Å². The zero-order chi connectivity index (χ0) is 49.5. The first-order valence-corrected chi connectivity index (χ1v) is 23.9. The normalized spacial score (nSPS) is 13.7.